The molecule has 0 aromatic heterocycles. The van der Waals surface area contributed by atoms with Crippen molar-refractivity contribution in [3.8, 4) is 5.75 Å². The van der Waals surface area contributed by atoms with Crippen LogP contribution in [0.5, 0.6) is 5.75 Å². The van der Waals surface area contributed by atoms with Crippen LogP contribution in [0.4, 0.5) is 0 Å². The molecule has 0 saturated carbocycles. The summed E-state index contributed by atoms with van der Waals surface area (Å²) in [6, 6.07) is 7.86. The van der Waals surface area contributed by atoms with Crippen molar-refractivity contribution in [2.75, 3.05) is 19.7 Å². The first kappa shape index (κ1) is 13.3. The molecule has 0 unspecified atom stereocenters. The Labute approximate surface area is 101 Å². The van der Waals surface area contributed by atoms with Gasteiger partial charge >= 0.3 is 5.97 Å². The Balaban J connectivity index is 2.10. The lowest BCUT2D eigenvalue weighted by Crippen LogP contribution is -2.21. The van der Waals surface area contributed by atoms with Crippen molar-refractivity contribution < 1.29 is 14.6 Å². The van der Waals surface area contributed by atoms with Crippen molar-refractivity contribution in [1.82, 2.24) is 5.32 Å². The second-order valence-corrected chi connectivity index (χ2v) is 3.61. The molecule has 2 N–H and O–H groups in total. The van der Waals surface area contributed by atoms with Gasteiger partial charge in [-0.2, -0.15) is 0 Å². The molecule has 0 saturated heterocycles. The summed E-state index contributed by atoms with van der Waals surface area (Å²) in [7, 11) is 0. The molecule has 1 aromatic rings. The van der Waals surface area contributed by atoms with E-state index in [-0.39, 0.29) is 0 Å². The van der Waals surface area contributed by atoms with Gasteiger partial charge in [0.05, 0.1) is 0 Å². The Morgan fingerprint density at radius 2 is 2.35 bits per heavy atom. The number of rotatable bonds is 7. The SMILES string of the molecule is Cc1cccc(OCCNC/C=C/C(=O)O)c1. The molecule has 0 aliphatic rings. The highest BCUT2D eigenvalue weighted by Crippen LogP contribution is 2.11. The number of hydrogen-bond donors (Lipinski definition) is 2. The van der Waals surface area contributed by atoms with E-state index in [0.717, 1.165) is 11.8 Å². The van der Waals surface area contributed by atoms with Gasteiger partial charge < -0.3 is 15.2 Å². The number of ether oxygens (including phenoxy) is 1. The summed E-state index contributed by atoms with van der Waals surface area (Å²) in [4.78, 5) is 10.2. The van der Waals surface area contributed by atoms with Crippen molar-refractivity contribution in [1.29, 1.82) is 0 Å². The fourth-order valence-corrected chi connectivity index (χ4v) is 1.29. The molecule has 0 fully saturated rings. The third kappa shape index (κ3) is 6.37. The molecule has 0 bridgehead atoms. The maximum Gasteiger partial charge on any atom is 0.328 e. The van der Waals surface area contributed by atoms with Crippen molar-refractivity contribution >= 4 is 5.97 Å². The Morgan fingerprint density at radius 1 is 1.53 bits per heavy atom. The van der Waals surface area contributed by atoms with Gasteiger partial charge in [0, 0.05) is 19.2 Å². The molecule has 0 heterocycles. The van der Waals surface area contributed by atoms with E-state index >= 15 is 0 Å². The van der Waals surface area contributed by atoms with Crippen LogP contribution in [0.1, 0.15) is 5.56 Å². The van der Waals surface area contributed by atoms with Crippen LogP contribution in [-0.2, 0) is 4.79 Å². The summed E-state index contributed by atoms with van der Waals surface area (Å²) in [6.45, 7) is 3.79. The summed E-state index contributed by atoms with van der Waals surface area (Å²) in [5, 5.41) is 11.4. The zero-order chi connectivity index (χ0) is 12.5. The second kappa shape index (κ2) is 7.46. The number of hydrogen-bond acceptors (Lipinski definition) is 3. The summed E-state index contributed by atoms with van der Waals surface area (Å²) < 4.78 is 5.51. The molecule has 0 atom stereocenters. The highest BCUT2D eigenvalue weighted by atomic mass is 16.5. The maximum atomic E-state index is 10.2. The minimum absolute atomic E-state index is 0.531. The highest BCUT2D eigenvalue weighted by Gasteiger charge is 1.93. The smallest absolute Gasteiger partial charge is 0.328 e. The maximum absolute atomic E-state index is 10.2. The van der Waals surface area contributed by atoms with E-state index in [4.69, 9.17) is 9.84 Å². The van der Waals surface area contributed by atoms with E-state index in [1.165, 1.54) is 5.56 Å². The molecular weight excluding hydrogens is 218 g/mol. The number of carbonyl (C=O) groups is 1. The van der Waals surface area contributed by atoms with Crippen LogP contribution >= 0.6 is 0 Å². The molecule has 0 spiro atoms. The van der Waals surface area contributed by atoms with Gasteiger partial charge in [-0.3, -0.25) is 0 Å². The fourth-order valence-electron chi connectivity index (χ4n) is 1.29. The monoisotopic (exact) mass is 235 g/mol. The summed E-state index contributed by atoms with van der Waals surface area (Å²) in [5.41, 5.74) is 1.17. The minimum Gasteiger partial charge on any atom is -0.492 e. The van der Waals surface area contributed by atoms with E-state index in [2.05, 4.69) is 5.32 Å². The topological polar surface area (TPSA) is 58.6 Å². The summed E-state index contributed by atoms with van der Waals surface area (Å²) in [6.07, 6.45) is 2.68. The Kier molecular flexibility index (Phi) is 5.82. The molecule has 1 aromatic carbocycles. The standard InChI is InChI=1S/C13H17NO3/c1-11-4-2-5-12(10-11)17-9-8-14-7-3-6-13(15)16/h2-6,10,14H,7-9H2,1H3,(H,15,16)/b6-3+. The summed E-state index contributed by atoms with van der Waals surface area (Å²) in [5.74, 6) is -0.0734. The van der Waals surface area contributed by atoms with Gasteiger partial charge in [-0.25, -0.2) is 4.79 Å². The molecule has 4 nitrogen and oxygen atoms in total. The third-order valence-corrected chi connectivity index (χ3v) is 2.06. The second-order valence-electron chi connectivity index (χ2n) is 3.61. The van der Waals surface area contributed by atoms with Gasteiger partial charge in [0.15, 0.2) is 0 Å². The van der Waals surface area contributed by atoms with Crippen molar-refractivity contribution in [2.45, 2.75) is 6.92 Å². The zero-order valence-electron chi connectivity index (χ0n) is 9.85. The molecule has 1 rings (SSSR count). The van der Waals surface area contributed by atoms with E-state index in [0.29, 0.717) is 19.7 Å². The van der Waals surface area contributed by atoms with Crippen molar-refractivity contribution in [3.63, 3.8) is 0 Å². The van der Waals surface area contributed by atoms with Crippen LogP contribution in [-0.4, -0.2) is 30.8 Å². The molecule has 92 valence electrons. The molecule has 0 aliphatic heterocycles. The Hall–Kier alpha value is -1.81. The Bertz CT molecular complexity index is 388. The van der Waals surface area contributed by atoms with Crippen LogP contribution in [0.15, 0.2) is 36.4 Å². The number of aliphatic carboxylic acids is 1. The van der Waals surface area contributed by atoms with E-state index < -0.39 is 5.97 Å². The molecule has 0 radical (unpaired) electrons. The zero-order valence-corrected chi connectivity index (χ0v) is 9.85. The lowest BCUT2D eigenvalue weighted by Gasteiger charge is -2.06. The van der Waals surface area contributed by atoms with E-state index in [1.807, 2.05) is 31.2 Å². The van der Waals surface area contributed by atoms with Crippen LogP contribution in [0.2, 0.25) is 0 Å². The Morgan fingerprint density at radius 3 is 3.06 bits per heavy atom. The lowest BCUT2D eigenvalue weighted by atomic mass is 10.2. The number of aryl methyl sites for hydroxylation is 1. The number of carboxylic acid groups (broad SMARTS) is 1. The average molecular weight is 235 g/mol. The van der Waals surface area contributed by atoms with Gasteiger partial charge in [0.2, 0.25) is 0 Å². The van der Waals surface area contributed by atoms with Crippen LogP contribution in [0.3, 0.4) is 0 Å². The summed E-state index contributed by atoms with van der Waals surface area (Å²) >= 11 is 0. The van der Waals surface area contributed by atoms with Crippen LogP contribution in [0.25, 0.3) is 0 Å². The molecular formula is C13H17NO3. The first-order valence-corrected chi connectivity index (χ1v) is 5.48. The number of benzene rings is 1. The molecule has 0 amide bonds. The van der Waals surface area contributed by atoms with Crippen LogP contribution in [0, 0.1) is 6.92 Å². The quantitative estimate of drug-likeness (QED) is 0.557. The minimum atomic E-state index is -0.928. The largest absolute Gasteiger partial charge is 0.492 e. The van der Waals surface area contributed by atoms with Crippen LogP contribution < -0.4 is 10.1 Å². The van der Waals surface area contributed by atoms with Gasteiger partial charge in [-0.05, 0) is 24.6 Å². The number of nitrogens with one attached hydrogen (secondary N) is 1. The van der Waals surface area contributed by atoms with E-state index in [9.17, 15) is 4.79 Å². The molecule has 0 aliphatic carbocycles. The molecule has 17 heavy (non-hydrogen) atoms. The lowest BCUT2D eigenvalue weighted by molar-refractivity contribution is -0.131. The van der Waals surface area contributed by atoms with Gasteiger partial charge in [0.25, 0.3) is 0 Å². The fraction of sp³-hybridized carbons (Fsp3) is 0.308. The predicted molar refractivity (Wildman–Crippen MR) is 66.3 cm³/mol. The average Bonchev–Trinajstić information content (AvgIpc) is 2.27. The predicted octanol–water partition coefficient (Wildman–Crippen LogP) is 1.60. The van der Waals surface area contributed by atoms with Gasteiger partial charge in [-0.15, -0.1) is 0 Å². The van der Waals surface area contributed by atoms with E-state index in [1.54, 1.807) is 6.08 Å². The normalized spacial score (nSPS) is 10.6. The van der Waals surface area contributed by atoms with Crippen molar-refractivity contribution in [2.24, 2.45) is 0 Å². The molecule has 4 heteroatoms. The van der Waals surface area contributed by atoms with Crippen molar-refractivity contribution in [3.05, 3.63) is 42.0 Å². The number of carboxylic acids is 1. The first-order chi connectivity index (χ1) is 8.18. The van der Waals surface area contributed by atoms with Gasteiger partial charge in [0.1, 0.15) is 12.4 Å². The van der Waals surface area contributed by atoms with Gasteiger partial charge in [-0.1, -0.05) is 18.2 Å². The first-order valence-electron chi connectivity index (χ1n) is 5.48. The third-order valence-electron chi connectivity index (χ3n) is 2.06. The highest BCUT2D eigenvalue weighted by molar-refractivity contribution is 5.79.